The van der Waals surface area contributed by atoms with E-state index in [1.165, 1.54) is 68.2 Å². The quantitative estimate of drug-likeness (QED) is 0.517. The highest BCUT2D eigenvalue weighted by molar-refractivity contribution is 5.91. The van der Waals surface area contributed by atoms with E-state index >= 15 is 0 Å². The summed E-state index contributed by atoms with van der Waals surface area (Å²) in [6, 6.07) is 25.4. The van der Waals surface area contributed by atoms with Gasteiger partial charge < -0.3 is 4.90 Å². The van der Waals surface area contributed by atoms with Crippen molar-refractivity contribution in [2.75, 3.05) is 24.5 Å². The number of nitrogens with zero attached hydrogens (tertiary/aromatic N) is 2. The van der Waals surface area contributed by atoms with Crippen molar-refractivity contribution >= 4 is 28.9 Å². The number of hydrogen-bond acceptors (Lipinski definition) is 2. The first-order valence-electron chi connectivity index (χ1n) is 10.9. The molecule has 2 aliphatic heterocycles. The largest absolute Gasteiger partial charge is 0.366 e. The van der Waals surface area contributed by atoms with Crippen LogP contribution in [0, 0.1) is 0 Å². The summed E-state index contributed by atoms with van der Waals surface area (Å²) >= 11 is 0. The molecule has 6 rings (SSSR count). The highest BCUT2D eigenvalue weighted by Gasteiger charge is 2.44. The van der Waals surface area contributed by atoms with Crippen LogP contribution in [0.5, 0.6) is 0 Å². The number of anilines is 1. The fourth-order valence-corrected chi connectivity index (χ4v) is 6.26. The van der Waals surface area contributed by atoms with Gasteiger partial charge in [-0.15, -0.1) is 12.4 Å². The van der Waals surface area contributed by atoms with E-state index in [0.29, 0.717) is 11.6 Å². The maximum atomic E-state index is 2.78. The number of halogens is 1. The van der Waals surface area contributed by atoms with Gasteiger partial charge in [0.25, 0.3) is 0 Å². The van der Waals surface area contributed by atoms with Crippen LogP contribution < -0.4 is 4.90 Å². The smallest absolute Gasteiger partial charge is 0.0427 e. The number of piperidine rings is 1. The predicted molar refractivity (Wildman–Crippen MR) is 124 cm³/mol. The summed E-state index contributed by atoms with van der Waals surface area (Å²) in [6.07, 6.45) is 6.47. The molecule has 2 saturated heterocycles. The Kier molecular flexibility index (Phi) is 4.80. The second-order valence-electron chi connectivity index (χ2n) is 8.93. The summed E-state index contributed by atoms with van der Waals surface area (Å²) in [4.78, 5) is 5.51. The number of hydrogen-bond donors (Lipinski definition) is 0. The van der Waals surface area contributed by atoms with Crippen molar-refractivity contribution in [2.45, 2.75) is 43.7 Å². The zero-order valence-corrected chi connectivity index (χ0v) is 17.7. The molecule has 2 heterocycles. The van der Waals surface area contributed by atoms with E-state index in [-0.39, 0.29) is 12.4 Å². The molecule has 0 N–H and O–H groups in total. The second kappa shape index (κ2) is 7.34. The van der Waals surface area contributed by atoms with Crippen molar-refractivity contribution in [3.05, 3.63) is 77.9 Å². The fraction of sp³-hybridized carbons (Fsp3) is 0.385. The minimum atomic E-state index is 0. The molecule has 0 bridgehead atoms. The molecular weight excluding hydrogens is 376 g/mol. The number of rotatable bonds is 2. The molecule has 2 nitrogen and oxygen atoms in total. The van der Waals surface area contributed by atoms with E-state index in [2.05, 4.69) is 76.5 Å². The first kappa shape index (κ1) is 19.0. The highest BCUT2D eigenvalue weighted by atomic mass is 35.5. The minimum Gasteiger partial charge on any atom is -0.366 e. The molecule has 0 aromatic heterocycles. The van der Waals surface area contributed by atoms with Gasteiger partial charge in [0.1, 0.15) is 0 Å². The minimum absolute atomic E-state index is 0. The van der Waals surface area contributed by atoms with Crippen LogP contribution in [0.15, 0.2) is 66.7 Å². The Bertz CT molecular complexity index is 1000. The van der Waals surface area contributed by atoms with Gasteiger partial charge in [-0.1, -0.05) is 54.6 Å². The zero-order valence-electron chi connectivity index (χ0n) is 16.9. The molecule has 29 heavy (non-hydrogen) atoms. The lowest BCUT2D eigenvalue weighted by Gasteiger charge is -2.47. The lowest BCUT2D eigenvalue weighted by Crippen LogP contribution is -2.52. The standard InChI is InChI=1S/C26H28N2.ClH/c1-2-10-22(11-3-1)28-16-6-13-26(28)14-17-27(18-15-26)24-19-21-9-4-7-20-8-5-12-23(24)25(20)21;/h1-5,7-12,24H,6,13-19H2;1H. The number of likely N-dealkylation sites (tertiary alicyclic amines) is 1. The van der Waals surface area contributed by atoms with Crippen LogP contribution in [0.3, 0.4) is 0 Å². The van der Waals surface area contributed by atoms with Crippen LogP contribution in [0.25, 0.3) is 10.8 Å². The van der Waals surface area contributed by atoms with Gasteiger partial charge in [0.2, 0.25) is 0 Å². The summed E-state index contributed by atoms with van der Waals surface area (Å²) in [7, 11) is 0. The van der Waals surface area contributed by atoms with Gasteiger partial charge in [0.05, 0.1) is 0 Å². The van der Waals surface area contributed by atoms with Gasteiger partial charge in [0.15, 0.2) is 0 Å². The van der Waals surface area contributed by atoms with Crippen LogP contribution in [0.2, 0.25) is 0 Å². The molecule has 3 heteroatoms. The first-order valence-corrected chi connectivity index (χ1v) is 10.9. The van der Waals surface area contributed by atoms with Gasteiger partial charge >= 0.3 is 0 Å². The van der Waals surface area contributed by atoms with Crippen molar-refractivity contribution in [2.24, 2.45) is 0 Å². The molecule has 1 aliphatic carbocycles. The van der Waals surface area contributed by atoms with E-state index in [1.54, 1.807) is 11.1 Å². The Morgan fingerprint density at radius 2 is 1.52 bits per heavy atom. The molecule has 1 atom stereocenters. The Balaban J connectivity index is 0.00000181. The molecule has 1 unspecified atom stereocenters. The van der Waals surface area contributed by atoms with Gasteiger partial charge in [-0.05, 0) is 66.1 Å². The molecule has 2 fully saturated rings. The van der Waals surface area contributed by atoms with Crippen molar-refractivity contribution in [1.82, 2.24) is 4.90 Å². The van der Waals surface area contributed by atoms with Gasteiger partial charge in [0, 0.05) is 36.9 Å². The third-order valence-electron chi connectivity index (χ3n) is 7.63. The molecule has 3 aromatic carbocycles. The maximum absolute atomic E-state index is 2.78. The summed E-state index contributed by atoms with van der Waals surface area (Å²) in [6.45, 7) is 3.66. The SMILES string of the molecule is Cl.c1ccc(N2CCCC23CCN(C2Cc4cccc5cccc2c45)CC3)cc1. The summed E-state index contributed by atoms with van der Waals surface area (Å²) in [5.41, 5.74) is 4.92. The molecule has 3 aromatic rings. The van der Waals surface area contributed by atoms with Crippen molar-refractivity contribution in [1.29, 1.82) is 0 Å². The number of para-hydroxylation sites is 1. The first-order chi connectivity index (χ1) is 13.8. The van der Waals surface area contributed by atoms with Crippen LogP contribution in [0.4, 0.5) is 5.69 Å². The Morgan fingerprint density at radius 3 is 2.31 bits per heavy atom. The Hall–Kier alpha value is -2.03. The average molecular weight is 405 g/mol. The average Bonchev–Trinajstić information content (AvgIpc) is 3.33. The lowest BCUT2D eigenvalue weighted by atomic mass is 9.83. The van der Waals surface area contributed by atoms with Crippen LogP contribution >= 0.6 is 12.4 Å². The van der Waals surface area contributed by atoms with E-state index in [1.807, 2.05) is 0 Å². The molecule has 1 spiro atoms. The van der Waals surface area contributed by atoms with E-state index in [0.717, 1.165) is 0 Å². The normalized spacial score (nSPS) is 22.9. The predicted octanol–water partition coefficient (Wildman–Crippen LogP) is 5.99. The van der Waals surface area contributed by atoms with Crippen molar-refractivity contribution in [3.8, 4) is 0 Å². The highest BCUT2D eigenvalue weighted by Crippen LogP contribution is 2.45. The van der Waals surface area contributed by atoms with Gasteiger partial charge in [-0.2, -0.15) is 0 Å². The second-order valence-corrected chi connectivity index (χ2v) is 8.93. The Morgan fingerprint density at radius 1 is 0.759 bits per heavy atom. The molecule has 0 saturated carbocycles. The number of benzene rings is 3. The molecule has 0 radical (unpaired) electrons. The van der Waals surface area contributed by atoms with E-state index < -0.39 is 0 Å². The summed E-state index contributed by atoms with van der Waals surface area (Å²) in [5.74, 6) is 0. The monoisotopic (exact) mass is 404 g/mol. The molecule has 3 aliphatic rings. The zero-order chi connectivity index (χ0) is 18.6. The third-order valence-corrected chi connectivity index (χ3v) is 7.63. The van der Waals surface area contributed by atoms with E-state index in [4.69, 9.17) is 0 Å². The summed E-state index contributed by atoms with van der Waals surface area (Å²) in [5, 5.41) is 2.94. The van der Waals surface area contributed by atoms with Crippen LogP contribution in [-0.4, -0.2) is 30.1 Å². The summed E-state index contributed by atoms with van der Waals surface area (Å²) < 4.78 is 0. The van der Waals surface area contributed by atoms with Crippen molar-refractivity contribution in [3.63, 3.8) is 0 Å². The fourth-order valence-electron chi connectivity index (χ4n) is 6.26. The van der Waals surface area contributed by atoms with Gasteiger partial charge in [-0.3, -0.25) is 4.90 Å². The van der Waals surface area contributed by atoms with Gasteiger partial charge in [-0.25, -0.2) is 0 Å². The van der Waals surface area contributed by atoms with E-state index in [9.17, 15) is 0 Å². The van der Waals surface area contributed by atoms with Crippen LogP contribution in [-0.2, 0) is 6.42 Å². The Labute approximate surface area is 179 Å². The lowest BCUT2D eigenvalue weighted by molar-refractivity contribution is 0.120. The third kappa shape index (κ3) is 2.96. The molecule has 150 valence electrons. The van der Waals surface area contributed by atoms with Crippen molar-refractivity contribution < 1.29 is 0 Å². The topological polar surface area (TPSA) is 6.48 Å². The molecule has 0 amide bonds. The molecular formula is C26H29ClN2. The maximum Gasteiger partial charge on any atom is 0.0427 e. The van der Waals surface area contributed by atoms with Crippen LogP contribution in [0.1, 0.15) is 42.9 Å².